The van der Waals surface area contributed by atoms with E-state index in [1.54, 1.807) is 6.20 Å². The molecule has 3 N–H and O–H groups in total. The first-order valence-electron chi connectivity index (χ1n) is 5.05. The van der Waals surface area contributed by atoms with Crippen LogP contribution in [-0.2, 0) is 0 Å². The number of imidazole rings is 1. The Hall–Kier alpha value is -1.52. The van der Waals surface area contributed by atoms with Gasteiger partial charge >= 0.3 is 0 Å². The molecule has 0 aliphatic carbocycles. The summed E-state index contributed by atoms with van der Waals surface area (Å²) in [5, 5.41) is 11.5. The highest BCUT2D eigenvalue weighted by molar-refractivity contribution is 5.79. The molecule has 15 heavy (non-hydrogen) atoms. The van der Waals surface area contributed by atoms with Gasteiger partial charge in [-0.1, -0.05) is 19.0 Å². The van der Waals surface area contributed by atoms with Crippen LogP contribution in [0.25, 0.3) is 0 Å². The topological polar surface area (TPSA) is 76.4 Å². The Kier molecular flexibility index (Phi) is 3.71. The Balaban J connectivity index is 2.82. The minimum absolute atomic E-state index is 0.154. The first kappa shape index (κ1) is 11.6. The molecule has 0 radical (unpaired) electrons. The summed E-state index contributed by atoms with van der Waals surface area (Å²) in [4.78, 5) is 4.29. The second-order valence-electron chi connectivity index (χ2n) is 3.99. The van der Waals surface area contributed by atoms with Gasteiger partial charge in [-0.2, -0.15) is 0 Å². The average Bonchev–Trinajstić information content (AvgIpc) is 2.65. The molecule has 0 fully saturated rings. The third-order valence-electron chi connectivity index (χ3n) is 2.32. The van der Waals surface area contributed by atoms with E-state index < -0.39 is 0 Å². The van der Waals surface area contributed by atoms with Gasteiger partial charge in [-0.15, -0.1) is 0 Å². The van der Waals surface area contributed by atoms with Gasteiger partial charge < -0.3 is 15.5 Å². The molecular weight excluding hydrogens is 192 g/mol. The van der Waals surface area contributed by atoms with Crippen LogP contribution in [0.1, 0.15) is 45.0 Å². The zero-order chi connectivity index (χ0) is 11.4. The van der Waals surface area contributed by atoms with Crippen molar-refractivity contribution < 1.29 is 5.21 Å². The SMILES string of the molecule is CC(C)c1nccn1C(C)CC(N)=NO. The normalized spacial score (nSPS) is 14.5. The van der Waals surface area contributed by atoms with E-state index in [1.165, 1.54) is 0 Å². The molecule has 1 atom stereocenters. The molecule has 1 aromatic rings. The van der Waals surface area contributed by atoms with Crippen LogP contribution in [0, 0.1) is 0 Å². The molecule has 0 aromatic carbocycles. The number of nitrogens with two attached hydrogens (primary N) is 1. The summed E-state index contributed by atoms with van der Waals surface area (Å²) in [6.07, 6.45) is 4.22. The molecule has 1 rings (SSSR count). The Morgan fingerprint density at radius 3 is 2.80 bits per heavy atom. The number of aromatic nitrogens is 2. The summed E-state index contributed by atoms with van der Waals surface area (Å²) in [6.45, 7) is 6.20. The van der Waals surface area contributed by atoms with E-state index in [0.717, 1.165) is 5.82 Å². The molecule has 0 aliphatic heterocycles. The molecule has 0 spiro atoms. The van der Waals surface area contributed by atoms with Gasteiger partial charge in [0.05, 0.1) is 0 Å². The molecule has 1 unspecified atom stereocenters. The minimum Gasteiger partial charge on any atom is -0.409 e. The minimum atomic E-state index is 0.154. The fraction of sp³-hybridized carbons (Fsp3) is 0.600. The van der Waals surface area contributed by atoms with Crippen molar-refractivity contribution >= 4 is 5.84 Å². The molecule has 5 nitrogen and oxygen atoms in total. The van der Waals surface area contributed by atoms with Crippen molar-refractivity contribution in [1.82, 2.24) is 9.55 Å². The van der Waals surface area contributed by atoms with Gasteiger partial charge in [0.1, 0.15) is 11.7 Å². The lowest BCUT2D eigenvalue weighted by atomic mass is 10.1. The van der Waals surface area contributed by atoms with Crippen LogP contribution in [-0.4, -0.2) is 20.6 Å². The molecule has 0 aliphatic rings. The lowest BCUT2D eigenvalue weighted by Crippen LogP contribution is -2.19. The number of rotatable bonds is 4. The molecule has 0 saturated carbocycles. The fourth-order valence-corrected chi connectivity index (χ4v) is 1.59. The molecule has 0 amide bonds. The fourth-order valence-electron chi connectivity index (χ4n) is 1.59. The maximum absolute atomic E-state index is 8.50. The number of oxime groups is 1. The van der Waals surface area contributed by atoms with Crippen LogP contribution in [0.2, 0.25) is 0 Å². The summed E-state index contributed by atoms with van der Waals surface area (Å²) in [5.41, 5.74) is 5.47. The van der Waals surface area contributed by atoms with Crippen molar-refractivity contribution in [2.75, 3.05) is 0 Å². The van der Waals surface area contributed by atoms with E-state index in [1.807, 2.05) is 13.1 Å². The van der Waals surface area contributed by atoms with Crippen molar-refractivity contribution in [1.29, 1.82) is 0 Å². The number of amidine groups is 1. The van der Waals surface area contributed by atoms with Crippen molar-refractivity contribution in [3.8, 4) is 0 Å². The Labute approximate surface area is 89.6 Å². The van der Waals surface area contributed by atoms with E-state index in [-0.39, 0.29) is 11.9 Å². The van der Waals surface area contributed by atoms with E-state index in [0.29, 0.717) is 12.3 Å². The third kappa shape index (κ3) is 2.71. The Morgan fingerprint density at radius 1 is 1.60 bits per heavy atom. The summed E-state index contributed by atoms with van der Waals surface area (Å²) in [7, 11) is 0. The monoisotopic (exact) mass is 210 g/mol. The molecule has 1 aromatic heterocycles. The van der Waals surface area contributed by atoms with E-state index in [4.69, 9.17) is 10.9 Å². The van der Waals surface area contributed by atoms with Gasteiger partial charge in [-0.25, -0.2) is 4.98 Å². The van der Waals surface area contributed by atoms with Crippen LogP contribution in [0.5, 0.6) is 0 Å². The zero-order valence-corrected chi connectivity index (χ0v) is 9.38. The van der Waals surface area contributed by atoms with Crippen molar-refractivity contribution in [3.05, 3.63) is 18.2 Å². The number of hydrogen-bond donors (Lipinski definition) is 2. The van der Waals surface area contributed by atoms with Gasteiger partial charge in [0.2, 0.25) is 0 Å². The highest BCUT2D eigenvalue weighted by atomic mass is 16.4. The summed E-state index contributed by atoms with van der Waals surface area (Å²) < 4.78 is 2.06. The standard InChI is InChI=1S/C10H18N4O/c1-7(2)10-12-4-5-14(10)8(3)6-9(11)13-15/h4-5,7-8,15H,6H2,1-3H3,(H2,11,13). The van der Waals surface area contributed by atoms with Gasteiger partial charge in [-0.05, 0) is 6.92 Å². The second kappa shape index (κ2) is 4.82. The highest BCUT2D eigenvalue weighted by Crippen LogP contribution is 2.18. The quantitative estimate of drug-likeness (QED) is 0.344. The Bertz CT molecular complexity index is 343. The lowest BCUT2D eigenvalue weighted by Gasteiger charge is -2.17. The van der Waals surface area contributed by atoms with Crippen molar-refractivity contribution in [2.24, 2.45) is 10.9 Å². The first-order chi connectivity index (χ1) is 7.06. The summed E-state index contributed by atoms with van der Waals surface area (Å²) >= 11 is 0. The highest BCUT2D eigenvalue weighted by Gasteiger charge is 2.13. The van der Waals surface area contributed by atoms with Crippen molar-refractivity contribution in [2.45, 2.75) is 39.2 Å². The van der Waals surface area contributed by atoms with Gasteiger partial charge in [-0.3, -0.25) is 0 Å². The molecule has 0 bridgehead atoms. The third-order valence-corrected chi connectivity index (χ3v) is 2.32. The van der Waals surface area contributed by atoms with Gasteiger partial charge in [0.15, 0.2) is 0 Å². The summed E-state index contributed by atoms with van der Waals surface area (Å²) in [6, 6.07) is 0.154. The molecule has 84 valence electrons. The van der Waals surface area contributed by atoms with Crippen LogP contribution in [0.3, 0.4) is 0 Å². The number of nitrogens with zero attached hydrogens (tertiary/aromatic N) is 3. The first-order valence-corrected chi connectivity index (χ1v) is 5.05. The smallest absolute Gasteiger partial charge is 0.141 e. The molecule has 0 saturated heterocycles. The predicted octanol–water partition coefficient (Wildman–Crippen LogP) is 1.70. The van der Waals surface area contributed by atoms with E-state index in [2.05, 4.69) is 28.6 Å². The predicted molar refractivity (Wildman–Crippen MR) is 59.1 cm³/mol. The molecule has 5 heteroatoms. The molecular formula is C10H18N4O. The summed E-state index contributed by atoms with van der Waals surface area (Å²) in [5.74, 6) is 1.63. The van der Waals surface area contributed by atoms with E-state index >= 15 is 0 Å². The van der Waals surface area contributed by atoms with Crippen LogP contribution in [0.15, 0.2) is 17.5 Å². The Morgan fingerprint density at radius 2 is 2.27 bits per heavy atom. The maximum atomic E-state index is 8.50. The average molecular weight is 210 g/mol. The van der Waals surface area contributed by atoms with Gasteiger partial charge in [0, 0.05) is 30.8 Å². The zero-order valence-electron chi connectivity index (χ0n) is 9.38. The van der Waals surface area contributed by atoms with Crippen LogP contribution in [0.4, 0.5) is 0 Å². The van der Waals surface area contributed by atoms with Crippen LogP contribution >= 0.6 is 0 Å². The van der Waals surface area contributed by atoms with Crippen LogP contribution < -0.4 is 5.73 Å². The van der Waals surface area contributed by atoms with Gasteiger partial charge in [0.25, 0.3) is 0 Å². The number of hydrogen-bond acceptors (Lipinski definition) is 3. The molecule has 1 heterocycles. The second-order valence-corrected chi connectivity index (χ2v) is 3.99. The van der Waals surface area contributed by atoms with E-state index in [9.17, 15) is 0 Å². The lowest BCUT2D eigenvalue weighted by molar-refractivity contribution is 0.315. The largest absolute Gasteiger partial charge is 0.409 e. The van der Waals surface area contributed by atoms with Crippen molar-refractivity contribution in [3.63, 3.8) is 0 Å². The maximum Gasteiger partial charge on any atom is 0.141 e.